The van der Waals surface area contributed by atoms with Crippen molar-refractivity contribution in [2.75, 3.05) is 32.8 Å². The molecule has 1 aliphatic rings. The quantitative estimate of drug-likeness (QED) is 0.776. The summed E-state index contributed by atoms with van der Waals surface area (Å²) in [4.78, 5) is 26.5. The maximum atomic E-state index is 11.7. The topological polar surface area (TPSA) is 75.9 Å². The third kappa shape index (κ3) is 4.24. The molecular formula is C18H21N3O4. The number of carbonyl (C=O) groups excluding carboxylic acids is 2. The van der Waals surface area contributed by atoms with E-state index in [0.29, 0.717) is 37.6 Å². The van der Waals surface area contributed by atoms with Gasteiger partial charge in [0.25, 0.3) is 0 Å². The van der Waals surface area contributed by atoms with Crippen LogP contribution >= 0.6 is 0 Å². The number of amides is 1. The first-order valence-corrected chi connectivity index (χ1v) is 8.35. The molecule has 0 saturated carbocycles. The standard InChI is InChI=1S/C18H21N3O4/c1-2-24-18(23)21-8-6-20(7-9-21)12-16-11-17(25-19-16)15-5-3-4-14(10-15)13-22/h3-5,10-11,13H,2,6-9,12H2,1H3. The molecule has 0 bridgehead atoms. The van der Waals surface area contributed by atoms with Crippen LogP contribution in [0.2, 0.25) is 0 Å². The Kier molecular flexibility index (Phi) is 5.45. The second kappa shape index (κ2) is 7.94. The van der Waals surface area contributed by atoms with E-state index < -0.39 is 0 Å². The van der Waals surface area contributed by atoms with Crippen molar-refractivity contribution in [1.29, 1.82) is 0 Å². The van der Waals surface area contributed by atoms with Crippen LogP contribution < -0.4 is 0 Å². The van der Waals surface area contributed by atoms with Crippen LogP contribution in [0.1, 0.15) is 23.0 Å². The number of carbonyl (C=O) groups is 2. The molecule has 0 aliphatic carbocycles. The Hall–Kier alpha value is -2.67. The van der Waals surface area contributed by atoms with E-state index in [4.69, 9.17) is 9.26 Å². The summed E-state index contributed by atoms with van der Waals surface area (Å²) in [6.07, 6.45) is 0.560. The fourth-order valence-electron chi connectivity index (χ4n) is 2.82. The van der Waals surface area contributed by atoms with Gasteiger partial charge in [0.2, 0.25) is 0 Å². The summed E-state index contributed by atoms with van der Waals surface area (Å²) < 4.78 is 10.4. The molecule has 132 valence electrons. The summed E-state index contributed by atoms with van der Waals surface area (Å²) >= 11 is 0. The lowest BCUT2D eigenvalue weighted by Gasteiger charge is -2.33. The lowest BCUT2D eigenvalue weighted by Crippen LogP contribution is -2.48. The highest BCUT2D eigenvalue weighted by Crippen LogP contribution is 2.22. The molecule has 0 atom stereocenters. The minimum atomic E-state index is -0.249. The average molecular weight is 343 g/mol. The van der Waals surface area contributed by atoms with Crippen molar-refractivity contribution in [3.8, 4) is 11.3 Å². The van der Waals surface area contributed by atoms with Gasteiger partial charge in [-0.2, -0.15) is 0 Å². The minimum absolute atomic E-state index is 0.249. The zero-order valence-electron chi connectivity index (χ0n) is 14.2. The third-order valence-electron chi connectivity index (χ3n) is 4.15. The summed E-state index contributed by atoms with van der Waals surface area (Å²) in [7, 11) is 0. The van der Waals surface area contributed by atoms with Crippen LogP contribution in [0.15, 0.2) is 34.9 Å². The van der Waals surface area contributed by atoms with Gasteiger partial charge in [-0.3, -0.25) is 9.69 Å². The van der Waals surface area contributed by atoms with Gasteiger partial charge in [-0.1, -0.05) is 23.4 Å². The largest absolute Gasteiger partial charge is 0.450 e. The molecule has 2 heterocycles. The predicted octanol–water partition coefficient (Wildman–Crippen LogP) is 2.43. The highest BCUT2D eigenvalue weighted by atomic mass is 16.6. The van der Waals surface area contributed by atoms with Crippen molar-refractivity contribution in [2.24, 2.45) is 0 Å². The highest BCUT2D eigenvalue weighted by molar-refractivity contribution is 5.77. The number of benzene rings is 1. The molecule has 0 unspecified atom stereocenters. The molecule has 7 nitrogen and oxygen atoms in total. The predicted molar refractivity (Wildman–Crippen MR) is 91.2 cm³/mol. The van der Waals surface area contributed by atoms with E-state index in [1.165, 1.54) is 0 Å². The van der Waals surface area contributed by atoms with Crippen molar-refractivity contribution in [3.63, 3.8) is 0 Å². The Balaban J connectivity index is 1.57. The van der Waals surface area contributed by atoms with Crippen molar-refractivity contribution in [2.45, 2.75) is 13.5 Å². The Morgan fingerprint density at radius 1 is 1.28 bits per heavy atom. The molecule has 1 fully saturated rings. The van der Waals surface area contributed by atoms with Gasteiger partial charge in [-0.15, -0.1) is 0 Å². The Labute approximate surface area is 146 Å². The average Bonchev–Trinajstić information content (AvgIpc) is 3.11. The van der Waals surface area contributed by atoms with Gasteiger partial charge in [0, 0.05) is 49.9 Å². The SMILES string of the molecule is CCOC(=O)N1CCN(Cc2cc(-c3cccc(C=O)c3)on2)CC1. The molecule has 7 heteroatoms. The molecule has 0 N–H and O–H groups in total. The number of hydrogen-bond acceptors (Lipinski definition) is 6. The van der Waals surface area contributed by atoms with Gasteiger partial charge in [0.1, 0.15) is 6.29 Å². The lowest BCUT2D eigenvalue weighted by atomic mass is 10.1. The zero-order chi connectivity index (χ0) is 17.6. The van der Waals surface area contributed by atoms with E-state index in [1.54, 1.807) is 24.0 Å². The fraction of sp³-hybridized carbons (Fsp3) is 0.389. The first kappa shape index (κ1) is 17.2. The Morgan fingerprint density at radius 3 is 2.80 bits per heavy atom. The first-order chi connectivity index (χ1) is 12.2. The maximum absolute atomic E-state index is 11.7. The summed E-state index contributed by atoms with van der Waals surface area (Å²) in [5.41, 5.74) is 2.26. The van der Waals surface area contributed by atoms with E-state index in [9.17, 15) is 9.59 Å². The Bertz CT molecular complexity index is 735. The van der Waals surface area contributed by atoms with Gasteiger partial charge in [0.05, 0.1) is 12.3 Å². The van der Waals surface area contributed by atoms with Crippen LogP contribution in [0.3, 0.4) is 0 Å². The van der Waals surface area contributed by atoms with Crippen LogP contribution in [0.4, 0.5) is 4.79 Å². The van der Waals surface area contributed by atoms with Gasteiger partial charge >= 0.3 is 6.09 Å². The summed E-state index contributed by atoms with van der Waals surface area (Å²) in [6, 6.07) is 9.11. The molecule has 1 saturated heterocycles. The molecule has 3 rings (SSSR count). The molecule has 1 aliphatic heterocycles. The lowest BCUT2D eigenvalue weighted by molar-refractivity contribution is 0.0772. The van der Waals surface area contributed by atoms with Crippen LogP contribution in [-0.2, 0) is 11.3 Å². The number of aldehydes is 1. The van der Waals surface area contributed by atoms with E-state index in [0.717, 1.165) is 30.6 Å². The minimum Gasteiger partial charge on any atom is -0.450 e. The molecule has 0 spiro atoms. The summed E-state index contributed by atoms with van der Waals surface area (Å²) in [5, 5.41) is 4.12. The van der Waals surface area contributed by atoms with Gasteiger partial charge < -0.3 is 14.2 Å². The van der Waals surface area contributed by atoms with Crippen molar-refractivity contribution in [3.05, 3.63) is 41.6 Å². The summed E-state index contributed by atoms with van der Waals surface area (Å²) in [6.45, 7) is 5.68. The molecule has 1 amide bonds. The van der Waals surface area contributed by atoms with Crippen molar-refractivity contribution < 1.29 is 18.8 Å². The molecule has 25 heavy (non-hydrogen) atoms. The monoisotopic (exact) mass is 343 g/mol. The maximum Gasteiger partial charge on any atom is 0.409 e. The van der Waals surface area contributed by atoms with Crippen LogP contribution in [0, 0.1) is 0 Å². The molecule has 2 aromatic rings. The van der Waals surface area contributed by atoms with E-state index in [2.05, 4.69) is 10.1 Å². The number of rotatable bonds is 5. The normalized spacial score (nSPS) is 15.2. The van der Waals surface area contributed by atoms with Crippen LogP contribution in [0.25, 0.3) is 11.3 Å². The van der Waals surface area contributed by atoms with Crippen molar-refractivity contribution >= 4 is 12.4 Å². The van der Waals surface area contributed by atoms with Gasteiger partial charge in [0.15, 0.2) is 5.76 Å². The number of piperazine rings is 1. The van der Waals surface area contributed by atoms with Gasteiger partial charge in [-0.25, -0.2) is 4.79 Å². The van der Waals surface area contributed by atoms with Crippen molar-refractivity contribution in [1.82, 2.24) is 15.0 Å². The second-order valence-corrected chi connectivity index (χ2v) is 5.89. The first-order valence-electron chi connectivity index (χ1n) is 8.35. The third-order valence-corrected chi connectivity index (χ3v) is 4.15. The number of nitrogens with zero attached hydrogens (tertiary/aromatic N) is 3. The van der Waals surface area contributed by atoms with Crippen LogP contribution in [0.5, 0.6) is 0 Å². The van der Waals surface area contributed by atoms with E-state index >= 15 is 0 Å². The van der Waals surface area contributed by atoms with E-state index in [-0.39, 0.29) is 6.09 Å². The molecular weight excluding hydrogens is 322 g/mol. The smallest absolute Gasteiger partial charge is 0.409 e. The number of aromatic nitrogens is 1. The Morgan fingerprint density at radius 2 is 2.08 bits per heavy atom. The molecule has 1 aromatic carbocycles. The highest BCUT2D eigenvalue weighted by Gasteiger charge is 2.22. The van der Waals surface area contributed by atoms with E-state index in [1.807, 2.05) is 18.2 Å². The van der Waals surface area contributed by atoms with Gasteiger partial charge in [-0.05, 0) is 13.0 Å². The summed E-state index contributed by atoms with van der Waals surface area (Å²) in [5.74, 6) is 0.642. The molecule has 0 radical (unpaired) electrons. The fourth-order valence-corrected chi connectivity index (χ4v) is 2.82. The van der Waals surface area contributed by atoms with Crippen LogP contribution in [-0.4, -0.2) is 60.1 Å². The second-order valence-electron chi connectivity index (χ2n) is 5.89. The molecule has 1 aromatic heterocycles. The zero-order valence-corrected chi connectivity index (χ0v) is 14.2. The number of hydrogen-bond donors (Lipinski definition) is 0. The number of ether oxygens (including phenoxy) is 1.